The van der Waals surface area contributed by atoms with Crippen LogP contribution in [-0.4, -0.2) is 64.4 Å². The first-order valence-electron chi connectivity index (χ1n) is 13.6. The molecule has 5 aromatic rings. The van der Waals surface area contributed by atoms with Crippen LogP contribution in [0.2, 0.25) is 0 Å². The highest BCUT2D eigenvalue weighted by Crippen LogP contribution is 2.39. The van der Waals surface area contributed by atoms with E-state index in [0.717, 1.165) is 11.1 Å². The molecule has 45 heavy (non-hydrogen) atoms. The zero-order chi connectivity index (χ0) is 32.1. The van der Waals surface area contributed by atoms with E-state index >= 15 is 0 Å². The lowest BCUT2D eigenvalue weighted by molar-refractivity contribution is 0.101. The summed E-state index contributed by atoms with van der Waals surface area (Å²) in [7, 11) is 8.96. The summed E-state index contributed by atoms with van der Waals surface area (Å²) < 4.78 is 32.1. The number of ether oxygens (including phenoxy) is 6. The number of H-pyrrole nitrogens is 1. The van der Waals surface area contributed by atoms with Gasteiger partial charge in [0.1, 0.15) is 5.82 Å². The number of aromatic amines is 1. The molecular weight excluding hydrogens is 580 g/mol. The Morgan fingerprint density at radius 3 is 1.47 bits per heavy atom. The van der Waals surface area contributed by atoms with Crippen LogP contribution >= 0.6 is 0 Å². The van der Waals surface area contributed by atoms with Crippen LogP contribution < -0.4 is 39.1 Å². The van der Waals surface area contributed by atoms with Crippen LogP contribution in [0.3, 0.4) is 0 Å². The minimum absolute atomic E-state index is 0.338. The lowest BCUT2D eigenvalue weighted by Gasteiger charge is -2.14. The second-order valence-electron chi connectivity index (χ2n) is 9.63. The Balaban J connectivity index is 1.31. The summed E-state index contributed by atoms with van der Waals surface area (Å²) in [5.74, 6) is 2.25. The number of nitrogens with one attached hydrogen (secondary N) is 3. The van der Waals surface area contributed by atoms with Gasteiger partial charge >= 0.3 is 0 Å². The topological polar surface area (TPSA) is 142 Å². The Kier molecular flexibility index (Phi) is 8.94. The van der Waals surface area contributed by atoms with E-state index in [0.29, 0.717) is 68.3 Å². The summed E-state index contributed by atoms with van der Waals surface area (Å²) in [6.07, 6.45) is 0. The molecule has 0 fully saturated rings. The molecule has 0 saturated carbocycles. The zero-order valence-corrected chi connectivity index (χ0v) is 25.6. The number of methoxy groups -OCH3 is 6. The van der Waals surface area contributed by atoms with Gasteiger partial charge < -0.3 is 44.0 Å². The fourth-order valence-corrected chi connectivity index (χ4v) is 4.76. The zero-order valence-electron chi connectivity index (χ0n) is 25.6. The Bertz CT molecular complexity index is 1820. The van der Waals surface area contributed by atoms with Gasteiger partial charge in [-0.1, -0.05) is 0 Å². The van der Waals surface area contributed by atoms with Gasteiger partial charge in [0.05, 0.1) is 53.7 Å². The van der Waals surface area contributed by atoms with Crippen LogP contribution in [0.25, 0.3) is 22.4 Å². The van der Waals surface area contributed by atoms with Crippen molar-refractivity contribution in [3.05, 3.63) is 77.9 Å². The molecule has 0 saturated heterocycles. The normalized spacial score (nSPS) is 10.6. The van der Waals surface area contributed by atoms with Crippen molar-refractivity contribution in [3.63, 3.8) is 0 Å². The van der Waals surface area contributed by atoms with Gasteiger partial charge in [0.2, 0.25) is 11.5 Å². The monoisotopic (exact) mass is 612 g/mol. The number of fused-ring (bicyclic) bond motifs is 1. The minimum Gasteiger partial charge on any atom is -0.493 e. The van der Waals surface area contributed by atoms with E-state index in [4.69, 9.17) is 33.4 Å². The lowest BCUT2D eigenvalue weighted by Crippen LogP contribution is -2.12. The van der Waals surface area contributed by atoms with Crippen LogP contribution in [0.5, 0.6) is 34.5 Å². The molecule has 0 bridgehead atoms. The molecule has 5 rings (SSSR count). The highest BCUT2D eigenvalue weighted by molar-refractivity contribution is 6.06. The van der Waals surface area contributed by atoms with Gasteiger partial charge in [-0.3, -0.25) is 9.59 Å². The summed E-state index contributed by atoms with van der Waals surface area (Å²) in [5.41, 5.74) is 4.08. The molecule has 0 radical (unpaired) electrons. The maximum atomic E-state index is 13.1. The van der Waals surface area contributed by atoms with Crippen molar-refractivity contribution >= 4 is 34.2 Å². The predicted octanol–water partition coefficient (Wildman–Crippen LogP) is 5.79. The summed E-state index contributed by atoms with van der Waals surface area (Å²) in [4.78, 5) is 34.0. The average Bonchev–Trinajstić information content (AvgIpc) is 3.50. The third kappa shape index (κ3) is 6.25. The molecule has 4 aromatic carbocycles. The van der Waals surface area contributed by atoms with Crippen molar-refractivity contribution in [2.75, 3.05) is 53.3 Å². The molecule has 12 heteroatoms. The number of carbonyl (C=O) groups excluding carboxylic acids is 2. The van der Waals surface area contributed by atoms with Gasteiger partial charge in [-0.2, -0.15) is 0 Å². The molecule has 0 unspecified atom stereocenters. The van der Waals surface area contributed by atoms with Gasteiger partial charge in [0.25, 0.3) is 11.8 Å². The van der Waals surface area contributed by atoms with Gasteiger partial charge in [0.15, 0.2) is 23.0 Å². The van der Waals surface area contributed by atoms with E-state index in [1.807, 2.05) is 18.2 Å². The first-order chi connectivity index (χ1) is 21.8. The van der Waals surface area contributed by atoms with E-state index < -0.39 is 0 Å². The van der Waals surface area contributed by atoms with Crippen molar-refractivity contribution in [2.24, 2.45) is 0 Å². The largest absolute Gasteiger partial charge is 0.493 e. The number of nitrogens with zero attached hydrogens (tertiary/aromatic N) is 1. The van der Waals surface area contributed by atoms with Crippen LogP contribution in [0, 0.1) is 0 Å². The van der Waals surface area contributed by atoms with Crippen molar-refractivity contribution in [1.29, 1.82) is 0 Å². The predicted molar refractivity (Wildman–Crippen MR) is 170 cm³/mol. The van der Waals surface area contributed by atoms with E-state index in [-0.39, 0.29) is 11.8 Å². The molecule has 0 atom stereocenters. The third-order valence-electron chi connectivity index (χ3n) is 7.01. The number of amides is 2. The number of aromatic nitrogens is 2. The number of hydrogen-bond donors (Lipinski definition) is 3. The summed E-state index contributed by atoms with van der Waals surface area (Å²) >= 11 is 0. The Hall–Kier alpha value is -5.91. The van der Waals surface area contributed by atoms with Gasteiger partial charge in [0, 0.05) is 28.1 Å². The molecule has 0 aliphatic rings. The number of imidazole rings is 1. The van der Waals surface area contributed by atoms with Gasteiger partial charge in [-0.05, 0) is 66.7 Å². The van der Waals surface area contributed by atoms with Crippen LogP contribution in [0.1, 0.15) is 20.7 Å². The second kappa shape index (κ2) is 13.2. The SMILES string of the molecule is COc1cc(C(=O)Nc2ccc(-c3nc4cc(NC(=O)c5cc(OC)c(OC)c(OC)c5)ccc4[nH]3)cc2)cc(OC)c1OC. The highest BCUT2D eigenvalue weighted by atomic mass is 16.5. The van der Waals surface area contributed by atoms with Crippen molar-refractivity contribution in [2.45, 2.75) is 0 Å². The molecule has 1 heterocycles. The molecule has 232 valence electrons. The van der Waals surface area contributed by atoms with Crippen molar-refractivity contribution < 1.29 is 38.0 Å². The molecule has 0 spiro atoms. The number of hydrogen-bond acceptors (Lipinski definition) is 9. The van der Waals surface area contributed by atoms with Crippen LogP contribution in [0.4, 0.5) is 11.4 Å². The summed E-state index contributed by atoms with van der Waals surface area (Å²) in [6.45, 7) is 0. The fourth-order valence-electron chi connectivity index (χ4n) is 4.76. The van der Waals surface area contributed by atoms with E-state index in [1.54, 1.807) is 48.5 Å². The van der Waals surface area contributed by atoms with E-state index in [9.17, 15) is 9.59 Å². The third-order valence-corrected chi connectivity index (χ3v) is 7.01. The first kappa shape index (κ1) is 30.5. The van der Waals surface area contributed by atoms with Crippen molar-refractivity contribution in [1.82, 2.24) is 9.97 Å². The first-order valence-corrected chi connectivity index (χ1v) is 13.6. The molecule has 3 N–H and O–H groups in total. The fraction of sp³-hybridized carbons (Fsp3) is 0.182. The smallest absolute Gasteiger partial charge is 0.255 e. The maximum Gasteiger partial charge on any atom is 0.255 e. The highest BCUT2D eigenvalue weighted by Gasteiger charge is 2.19. The number of anilines is 2. The van der Waals surface area contributed by atoms with E-state index in [2.05, 4.69) is 15.6 Å². The second-order valence-corrected chi connectivity index (χ2v) is 9.63. The Labute approximate surface area is 259 Å². The number of carbonyl (C=O) groups is 2. The molecule has 0 aliphatic heterocycles. The number of rotatable bonds is 11. The Morgan fingerprint density at radius 2 is 1.02 bits per heavy atom. The van der Waals surface area contributed by atoms with Crippen LogP contribution in [0.15, 0.2) is 66.7 Å². The Morgan fingerprint density at radius 1 is 0.578 bits per heavy atom. The minimum atomic E-state index is -0.353. The van der Waals surface area contributed by atoms with Crippen LogP contribution in [-0.2, 0) is 0 Å². The van der Waals surface area contributed by atoms with Gasteiger partial charge in [-0.25, -0.2) is 4.98 Å². The molecule has 12 nitrogen and oxygen atoms in total. The average molecular weight is 613 g/mol. The summed E-state index contributed by atoms with van der Waals surface area (Å²) in [5, 5.41) is 5.77. The molecule has 0 aliphatic carbocycles. The molecule has 1 aromatic heterocycles. The summed E-state index contributed by atoms with van der Waals surface area (Å²) in [6, 6.07) is 19.0. The van der Waals surface area contributed by atoms with Gasteiger partial charge in [-0.15, -0.1) is 0 Å². The standard InChI is InChI=1S/C33H32N4O8/c1-40-25-13-19(14-26(41-2)29(25)44-5)32(38)34-21-9-7-18(8-10-21)31-36-23-12-11-22(17-24(23)37-31)35-33(39)20-15-27(42-3)30(45-6)28(16-20)43-4/h7-17H,1-6H3,(H,34,38)(H,35,39)(H,36,37). The maximum absolute atomic E-state index is 13.1. The molecular formula is C33H32N4O8. The molecule has 2 amide bonds. The van der Waals surface area contributed by atoms with E-state index in [1.165, 1.54) is 42.7 Å². The van der Waals surface area contributed by atoms with Crippen molar-refractivity contribution in [3.8, 4) is 45.9 Å². The quantitative estimate of drug-likeness (QED) is 0.169. The number of benzene rings is 4. The lowest BCUT2D eigenvalue weighted by atomic mass is 10.1.